The fourth-order valence-electron chi connectivity index (χ4n) is 5.10. The Morgan fingerprint density at radius 3 is 2.57 bits per heavy atom. The van der Waals surface area contributed by atoms with E-state index in [0.717, 1.165) is 45.3 Å². The largest absolute Gasteiger partial charge is 0.351 e. The zero-order valence-corrected chi connectivity index (χ0v) is 22.2. The number of aromatic nitrogens is 3. The van der Waals surface area contributed by atoms with E-state index in [1.54, 1.807) is 6.20 Å². The van der Waals surface area contributed by atoms with Crippen LogP contribution in [-0.4, -0.2) is 25.6 Å². The van der Waals surface area contributed by atoms with Gasteiger partial charge in [-0.2, -0.15) is 0 Å². The lowest BCUT2D eigenvalue weighted by atomic mass is 9.96. The Labute approximate surface area is 222 Å². The molecular formula is C29H30N6OS. The zero-order valence-electron chi connectivity index (χ0n) is 21.4. The number of nitrogens with zero attached hydrogens (tertiary/aromatic N) is 4. The molecule has 4 aromatic rings. The standard InChI is InChI=1S/C29H30N6OS/c1-5-26(36)32-24-12-11-21(15-18(24)2)35-28(27(33-29(35)37)25-10-6-7-14-31-25)23-16-19(3)34(20(23)4)22-9-8-13-30-17-22/h6-17,27-28H,5H2,1-4H3,(H,32,36)(H,33,37). The molecule has 0 aliphatic carbocycles. The molecule has 37 heavy (non-hydrogen) atoms. The molecule has 2 unspecified atom stereocenters. The average Bonchev–Trinajstić information content (AvgIpc) is 3.41. The lowest BCUT2D eigenvalue weighted by Gasteiger charge is -2.29. The number of amides is 1. The Bertz CT molecular complexity index is 1450. The van der Waals surface area contributed by atoms with Crippen LogP contribution in [0.2, 0.25) is 0 Å². The van der Waals surface area contributed by atoms with Crippen LogP contribution in [0, 0.1) is 20.8 Å². The number of carbonyl (C=O) groups is 1. The Kier molecular flexibility index (Phi) is 6.76. The van der Waals surface area contributed by atoms with Gasteiger partial charge in [-0.15, -0.1) is 0 Å². The van der Waals surface area contributed by atoms with E-state index in [2.05, 4.69) is 62.1 Å². The monoisotopic (exact) mass is 510 g/mol. The maximum atomic E-state index is 12.0. The molecule has 1 fully saturated rings. The van der Waals surface area contributed by atoms with Gasteiger partial charge in [0.1, 0.15) is 0 Å². The Balaban J connectivity index is 1.63. The highest BCUT2D eigenvalue weighted by molar-refractivity contribution is 7.80. The van der Waals surface area contributed by atoms with Gasteiger partial charge in [-0.05, 0) is 92.6 Å². The van der Waals surface area contributed by atoms with Crippen molar-refractivity contribution in [2.45, 2.75) is 46.2 Å². The summed E-state index contributed by atoms with van der Waals surface area (Å²) in [5, 5.41) is 7.16. The predicted octanol–water partition coefficient (Wildman–Crippen LogP) is 5.72. The number of anilines is 2. The first-order chi connectivity index (χ1) is 17.9. The average molecular weight is 511 g/mol. The second-order valence-electron chi connectivity index (χ2n) is 9.27. The SMILES string of the molecule is CCC(=O)Nc1ccc(N2C(=S)NC(c3ccccn3)C2c2cc(C)n(-c3cccnc3)c2C)cc1C. The Morgan fingerprint density at radius 1 is 1.05 bits per heavy atom. The van der Waals surface area contributed by atoms with Crippen molar-refractivity contribution < 1.29 is 4.79 Å². The molecule has 1 aliphatic rings. The fourth-order valence-corrected chi connectivity index (χ4v) is 5.44. The number of hydrogen-bond donors (Lipinski definition) is 2. The lowest BCUT2D eigenvalue weighted by molar-refractivity contribution is -0.115. The Hall–Kier alpha value is -4.04. The summed E-state index contributed by atoms with van der Waals surface area (Å²) < 4.78 is 2.23. The van der Waals surface area contributed by atoms with Crippen LogP contribution in [0.25, 0.3) is 5.69 Å². The number of thiocarbonyl (C=S) groups is 1. The topological polar surface area (TPSA) is 75.1 Å². The van der Waals surface area contributed by atoms with Crippen molar-refractivity contribution in [1.29, 1.82) is 0 Å². The van der Waals surface area contributed by atoms with Crippen LogP contribution in [-0.2, 0) is 4.79 Å². The van der Waals surface area contributed by atoms with E-state index in [-0.39, 0.29) is 18.0 Å². The fraction of sp³-hybridized carbons (Fsp3) is 0.241. The van der Waals surface area contributed by atoms with Crippen molar-refractivity contribution in [2.75, 3.05) is 10.2 Å². The van der Waals surface area contributed by atoms with Crippen molar-refractivity contribution in [3.63, 3.8) is 0 Å². The van der Waals surface area contributed by atoms with Gasteiger partial charge in [0.05, 0.1) is 29.7 Å². The molecule has 5 rings (SSSR count). The third kappa shape index (κ3) is 4.60. The number of carbonyl (C=O) groups excluding carboxylic acids is 1. The van der Waals surface area contributed by atoms with E-state index in [0.29, 0.717) is 11.5 Å². The van der Waals surface area contributed by atoms with Crippen LogP contribution in [0.3, 0.4) is 0 Å². The van der Waals surface area contributed by atoms with E-state index in [4.69, 9.17) is 12.2 Å². The molecule has 0 radical (unpaired) electrons. The molecule has 2 N–H and O–H groups in total. The minimum absolute atomic E-state index is 0.00913. The van der Waals surface area contributed by atoms with Crippen molar-refractivity contribution in [1.82, 2.24) is 19.9 Å². The summed E-state index contributed by atoms with van der Waals surface area (Å²) in [5.74, 6) is -0.00913. The minimum Gasteiger partial charge on any atom is -0.351 e. The summed E-state index contributed by atoms with van der Waals surface area (Å²) in [6.45, 7) is 8.09. The lowest BCUT2D eigenvalue weighted by Crippen LogP contribution is -2.29. The molecule has 1 saturated heterocycles. The summed E-state index contributed by atoms with van der Waals surface area (Å²) >= 11 is 5.92. The number of hydrogen-bond acceptors (Lipinski definition) is 4. The molecule has 0 saturated carbocycles. The maximum absolute atomic E-state index is 12.0. The van der Waals surface area contributed by atoms with Gasteiger partial charge in [0.15, 0.2) is 5.11 Å². The molecule has 2 atom stereocenters. The number of rotatable bonds is 6. The summed E-state index contributed by atoms with van der Waals surface area (Å²) in [5.41, 5.74) is 8.08. The summed E-state index contributed by atoms with van der Waals surface area (Å²) in [4.78, 5) is 23.2. The first-order valence-electron chi connectivity index (χ1n) is 12.4. The van der Waals surface area contributed by atoms with Crippen molar-refractivity contribution in [2.24, 2.45) is 0 Å². The minimum atomic E-state index is -0.142. The van der Waals surface area contributed by atoms with Crippen LogP contribution in [0.4, 0.5) is 11.4 Å². The molecule has 1 amide bonds. The van der Waals surface area contributed by atoms with Gasteiger partial charge in [-0.25, -0.2) is 0 Å². The first-order valence-corrected chi connectivity index (χ1v) is 12.8. The number of pyridine rings is 2. The highest BCUT2D eigenvalue weighted by Gasteiger charge is 2.42. The smallest absolute Gasteiger partial charge is 0.224 e. The third-order valence-electron chi connectivity index (χ3n) is 6.87. The van der Waals surface area contributed by atoms with E-state index < -0.39 is 0 Å². The molecule has 7 nitrogen and oxygen atoms in total. The Morgan fingerprint density at radius 2 is 1.89 bits per heavy atom. The molecule has 8 heteroatoms. The normalized spacial score (nSPS) is 17.1. The van der Waals surface area contributed by atoms with Gasteiger partial charge >= 0.3 is 0 Å². The van der Waals surface area contributed by atoms with Crippen LogP contribution < -0.4 is 15.5 Å². The molecule has 0 bridgehead atoms. The van der Waals surface area contributed by atoms with Crippen LogP contribution in [0.5, 0.6) is 0 Å². The summed E-state index contributed by atoms with van der Waals surface area (Å²) in [7, 11) is 0. The number of nitrogens with one attached hydrogen (secondary N) is 2. The van der Waals surface area contributed by atoms with Crippen LogP contribution in [0.15, 0.2) is 73.2 Å². The van der Waals surface area contributed by atoms with Crippen molar-refractivity contribution in [3.05, 3.63) is 101 Å². The quantitative estimate of drug-likeness (QED) is 0.323. The molecule has 3 aromatic heterocycles. The van der Waals surface area contributed by atoms with Gasteiger partial charge in [0.2, 0.25) is 5.91 Å². The predicted molar refractivity (Wildman–Crippen MR) is 151 cm³/mol. The highest BCUT2D eigenvalue weighted by atomic mass is 32.1. The van der Waals surface area contributed by atoms with Crippen LogP contribution in [0.1, 0.15) is 53.6 Å². The third-order valence-corrected chi connectivity index (χ3v) is 7.19. The molecule has 0 spiro atoms. The molecule has 188 valence electrons. The number of aryl methyl sites for hydroxylation is 2. The van der Waals surface area contributed by atoms with E-state index in [1.807, 2.05) is 62.6 Å². The second-order valence-corrected chi connectivity index (χ2v) is 9.66. The van der Waals surface area contributed by atoms with E-state index >= 15 is 0 Å². The first kappa shape index (κ1) is 24.6. The highest BCUT2D eigenvalue weighted by Crippen LogP contribution is 2.44. The van der Waals surface area contributed by atoms with Gasteiger partial charge in [0.25, 0.3) is 0 Å². The zero-order chi connectivity index (χ0) is 26.1. The van der Waals surface area contributed by atoms with Gasteiger partial charge in [0, 0.05) is 41.6 Å². The van der Waals surface area contributed by atoms with Gasteiger partial charge < -0.3 is 20.1 Å². The summed E-state index contributed by atoms with van der Waals surface area (Å²) in [6, 6.07) is 18.0. The summed E-state index contributed by atoms with van der Waals surface area (Å²) in [6.07, 6.45) is 5.91. The molecule has 1 aromatic carbocycles. The molecular weight excluding hydrogens is 480 g/mol. The van der Waals surface area contributed by atoms with Crippen molar-refractivity contribution >= 4 is 34.6 Å². The van der Waals surface area contributed by atoms with Crippen molar-refractivity contribution in [3.8, 4) is 5.69 Å². The molecule has 4 heterocycles. The van der Waals surface area contributed by atoms with Crippen LogP contribution >= 0.6 is 12.2 Å². The number of benzene rings is 1. The van der Waals surface area contributed by atoms with Gasteiger partial charge in [-0.1, -0.05) is 13.0 Å². The van der Waals surface area contributed by atoms with Gasteiger partial charge in [-0.3, -0.25) is 14.8 Å². The molecule has 1 aliphatic heterocycles. The second kappa shape index (κ2) is 10.1. The van der Waals surface area contributed by atoms with E-state index in [1.165, 1.54) is 0 Å². The van der Waals surface area contributed by atoms with E-state index in [9.17, 15) is 4.79 Å². The maximum Gasteiger partial charge on any atom is 0.224 e.